The van der Waals surface area contributed by atoms with Gasteiger partial charge in [0.25, 0.3) is 0 Å². The molecule has 0 aliphatic rings. The van der Waals surface area contributed by atoms with E-state index in [1.807, 2.05) is 20.8 Å². The van der Waals surface area contributed by atoms with Crippen molar-refractivity contribution in [2.24, 2.45) is 11.8 Å². The van der Waals surface area contributed by atoms with E-state index in [2.05, 4.69) is 48.1 Å². The van der Waals surface area contributed by atoms with Crippen LogP contribution in [0.2, 0.25) is 0 Å². The van der Waals surface area contributed by atoms with Gasteiger partial charge in [-0.25, -0.2) is 0 Å². The van der Waals surface area contributed by atoms with Crippen molar-refractivity contribution in [2.75, 3.05) is 0 Å². The molecule has 0 rings (SSSR count). The molecule has 0 radical (unpaired) electrons. The van der Waals surface area contributed by atoms with Gasteiger partial charge >= 0.3 is 0 Å². The van der Waals surface area contributed by atoms with Crippen LogP contribution in [0.25, 0.3) is 0 Å². The fraction of sp³-hybridized carbons (Fsp3) is 0.867. The molecule has 0 nitrogen and oxygen atoms in total. The van der Waals surface area contributed by atoms with Gasteiger partial charge in [-0.3, -0.25) is 0 Å². The van der Waals surface area contributed by atoms with Gasteiger partial charge in [0.2, 0.25) is 0 Å². The third kappa shape index (κ3) is 135. The highest BCUT2D eigenvalue weighted by molar-refractivity contribution is 4.51. The minimum Gasteiger partial charge on any atom is -0.103 e. The summed E-state index contributed by atoms with van der Waals surface area (Å²) >= 11 is 0. The summed E-state index contributed by atoms with van der Waals surface area (Å²) in [5, 5.41) is 0. The zero-order valence-electron chi connectivity index (χ0n) is 12.9. The second-order valence-corrected chi connectivity index (χ2v) is 4.01. The molecule has 0 spiro atoms. The summed E-state index contributed by atoms with van der Waals surface area (Å²) < 4.78 is 0. The average Bonchev–Trinajstić information content (AvgIpc) is 2.22. The Labute approximate surface area is 100 Å². The molecule has 0 aliphatic heterocycles. The van der Waals surface area contributed by atoms with E-state index in [1.165, 1.54) is 12.8 Å². The smallest absolute Gasteiger partial charge is 0.0473 e. The van der Waals surface area contributed by atoms with E-state index in [-0.39, 0.29) is 0 Å². The molecule has 0 saturated carbocycles. The van der Waals surface area contributed by atoms with Crippen LogP contribution in [0.1, 0.15) is 75.2 Å². The van der Waals surface area contributed by atoms with Crippen molar-refractivity contribution in [3.8, 4) is 0 Å². The molecule has 0 aromatic rings. The predicted octanol–water partition coefficient (Wildman–Crippen LogP) is 6.32. The molecule has 0 fully saturated rings. The lowest BCUT2D eigenvalue weighted by molar-refractivity contribution is 0.626. The molecular formula is C15H36. The van der Waals surface area contributed by atoms with Crippen molar-refractivity contribution in [1.29, 1.82) is 0 Å². The van der Waals surface area contributed by atoms with Gasteiger partial charge < -0.3 is 0 Å². The summed E-state index contributed by atoms with van der Waals surface area (Å²) in [5.41, 5.74) is 0. The monoisotopic (exact) mass is 216 g/mol. The van der Waals surface area contributed by atoms with Crippen molar-refractivity contribution >= 4 is 0 Å². The van der Waals surface area contributed by atoms with Crippen LogP contribution in [0.3, 0.4) is 0 Å². The first-order valence-electron chi connectivity index (χ1n) is 6.53. The lowest BCUT2D eigenvalue weighted by atomic mass is 10.2. The van der Waals surface area contributed by atoms with Crippen LogP contribution in [0.5, 0.6) is 0 Å². The van der Waals surface area contributed by atoms with Gasteiger partial charge in [-0.05, 0) is 18.8 Å². The second kappa shape index (κ2) is 29.2. The van der Waals surface area contributed by atoms with E-state index in [4.69, 9.17) is 0 Å². The maximum Gasteiger partial charge on any atom is -0.0473 e. The molecule has 0 aliphatic carbocycles. The van der Waals surface area contributed by atoms with E-state index in [0.29, 0.717) is 0 Å². The SMILES string of the molecule is C=CC.CC.CCC(C)C.CCC(C)C. The van der Waals surface area contributed by atoms with Crippen molar-refractivity contribution < 1.29 is 0 Å². The fourth-order valence-electron chi connectivity index (χ4n) is 0. The van der Waals surface area contributed by atoms with Gasteiger partial charge in [-0.2, -0.15) is 0 Å². The van der Waals surface area contributed by atoms with E-state index in [1.54, 1.807) is 6.08 Å². The average molecular weight is 216 g/mol. The first-order valence-corrected chi connectivity index (χ1v) is 6.53. The zero-order chi connectivity index (χ0) is 13.3. The summed E-state index contributed by atoms with van der Waals surface area (Å²) in [6.45, 7) is 22.5. The zero-order valence-corrected chi connectivity index (χ0v) is 12.9. The van der Waals surface area contributed by atoms with Crippen LogP contribution in [0.15, 0.2) is 12.7 Å². The van der Waals surface area contributed by atoms with Crippen LogP contribution < -0.4 is 0 Å². The molecule has 0 heterocycles. The molecule has 0 bridgehead atoms. The Morgan fingerprint density at radius 1 is 0.867 bits per heavy atom. The molecule has 0 aromatic heterocycles. The number of hydrogen-bond donors (Lipinski definition) is 0. The Hall–Kier alpha value is -0.260. The summed E-state index contributed by atoms with van der Waals surface area (Å²) in [7, 11) is 0. The highest BCUT2D eigenvalue weighted by Gasteiger charge is 1.80. The van der Waals surface area contributed by atoms with E-state index in [0.717, 1.165) is 11.8 Å². The quantitative estimate of drug-likeness (QED) is 0.474. The van der Waals surface area contributed by atoms with Crippen LogP contribution in [-0.2, 0) is 0 Å². The van der Waals surface area contributed by atoms with Crippen LogP contribution in [0, 0.1) is 11.8 Å². The third-order valence-electron chi connectivity index (χ3n) is 1.63. The standard InChI is InChI=1S/2C5H12.C3H6.C2H6/c2*1-4-5(2)3;1-3-2;1-2/h2*5H,4H2,1-3H3;3H,1H2,2H3;1-2H3. The summed E-state index contributed by atoms with van der Waals surface area (Å²) in [4.78, 5) is 0. The second-order valence-electron chi connectivity index (χ2n) is 4.01. The largest absolute Gasteiger partial charge is 0.103 e. The van der Waals surface area contributed by atoms with Crippen LogP contribution in [-0.4, -0.2) is 0 Å². The van der Waals surface area contributed by atoms with Gasteiger partial charge in [0.05, 0.1) is 0 Å². The Balaban J connectivity index is -0.0000000574. The maximum atomic E-state index is 3.36. The highest BCUT2D eigenvalue weighted by atomic mass is 13.9. The Bertz CT molecular complexity index is 62.1. The molecule has 0 atom stereocenters. The normalized spacial score (nSPS) is 7.67. The first kappa shape index (κ1) is 24.1. The lowest BCUT2D eigenvalue weighted by Crippen LogP contribution is -1.77. The molecule has 0 saturated heterocycles. The first-order chi connectivity index (χ1) is 6.95. The third-order valence-corrected chi connectivity index (χ3v) is 1.63. The molecule has 15 heavy (non-hydrogen) atoms. The summed E-state index contributed by atoms with van der Waals surface area (Å²) in [6, 6.07) is 0. The number of allylic oxidation sites excluding steroid dienone is 1. The topological polar surface area (TPSA) is 0 Å². The minimum atomic E-state index is 0.884. The molecule has 0 unspecified atom stereocenters. The van der Waals surface area contributed by atoms with Crippen LogP contribution in [0.4, 0.5) is 0 Å². The molecule has 96 valence electrons. The highest BCUT2D eigenvalue weighted by Crippen LogP contribution is 1.94. The molecule has 0 amide bonds. The molecule has 0 aromatic carbocycles. The molecule has 0 heteroatoms. The summed E-state index contributed by atoms with van der Waals surface area (Å²) in [6.07, 6.45) is 4.36. The van der Waals surface area contributed by atoms with Crippen molar-refractivity contribution in [3.63, 3.8) is 0 Å². The lowest BCUT2D eigenvalue weighted by Gasteiger charge is -1.90. The molecular weight excluding hydrogens is 180 g/mol. The van der Waals surface area contributed by atoms with Crippen molar-refractivity contribution in [1.82, 2.24) is 0 Å². The summed E-state index contributed by atoms with van der Waals surface area (Å²) in [5.74, 6) is 1.77. The predicted molar refractivity (Wildman–Crippen MR) is 77.5 cm³/mol. The number of hydrogen-bond acceptors (Lipinski definition) is 0. The van der Waals surface area contributed by atoms with Gasteiger partial charge in [-0.15, -0.1) is 6.58 Å². The van der Waals surface area contributed by atoms with Gasteiger partial charge in [0, 0.05) is 0 Å². The Morgan fingerprint density at radius 2 is 0.933 bits per heavy atom. The van der Waals surface area contributed by atoms with Crippen molar-refractivity contribution in [3.05, 3.63) is 12.7 Å². The van der Waals surface area contributed by atoms with Crippen LogP contribution >= 0.6 is 0 Å². The van der Waals surface area contributed by atoms with Crippen molar-refractivity contribution in [2.45, 2.75) is 75.2 Å². The number of rotatable bonds is 2. The van der Waals surface area contributed by atoms with Gasteiger partial charge in [0.15, 0.2) is 0 Å². The minimum absolute atomic E-state index is 0.884. The van der Waals surface area contributed by atoms with Gasteiger partial charge in [0.1, 0.15) is 0 Å². The van der Waals surface area contributed by atoms with Gasteiger partial charge in [-0.1, -0.05) is 74.3 Å². The van der Waals surface area contributed by atoms with E-state index < -0.39 is 0 Å². The fourth-order valence-corrected chi connectivity index (χ4v) is 0. The van der Waals surface area contributed by atoms with E-state index in [9.17, 15) is 0 Å². The Morgan fingerprint density at radius 3 is 0.933 bits per heavy atom. The Kier molecular flexibility index (Phi) is 47.0. The molecule has 0 N–H and O–H groups in total. The van der Waals surface area contributed by atoms with E-state index >= 15 is 0 Å². The maximum absolute atomic E-state index is 3.36.